The van der Waals surface area contributed by atoms with Crippen molar-refractivity contribution in [2.75, 3.05) is 5.32 Å². The van der Waals surface area contributed by atoms with E-state index in [-0.39, 0.29) is 0 Å². The number of carbonyl (C=O) groups is 2. The van der Waals surface area contributed by atoms with Crippen LogP contribution in [0.4, 0.5) is 5.69 Å². The molecule has 2 rings (SSSR count). The van der Waals surface area contributed by atoms with Gasteiger partial charge >= 0.3 is 11.8 Å². The molecule has 2 aromatic carbocycles. The Kier molecular flexibility index (Phi) is 5.82. The van der Waals surface area contributed by atoms with Crippen molar-refractivity contribution in [1.82, 2.24) is 5.43 Å². The van der Waals surface area contributed by atoms with Crippen LogP contribution in [0.3, 0.4) is 0 Å². The second kappa shape index (κ2) is 8.29. The first-order valence-corrected chi connectivity index (χ1v) is 7.08. The summed E-state index contributed by atoms with van der Waals surface area (Å²) >= 11 is 0. The third kappa shape index (κ3) is 5.24. The lowest BCUT2D eigenvalue weighted by atomic mass is 10.2. The zero-order valence-corrected chi connectivity index (χ0v) is 12.7. The Balaban J connectivity index is 1.82. The number of nitrogens with zero attached hydrogens (tertiary/aromatic N) is 1. The summed E-state index contributed by atoms with van der Waals surface area (Å²) in [5, 5.41) is 6.23. The van der Waals surface area contributed by atoms with Crippen LogP contribution in [0, 0.1) is 6.92 Å². The van der Waals surface area contributed by atoms with Gasteiger partial charge in [-0.2, -0.15) is 5.10 Å². The van der Waals surface area contributed by atoms with Gasteiger partial charge in [-0.3, -0.25) is 9.59 Å². The average Bonchev–Trinajstić information content (AvgIpc) is 2.57. The van der Waals surface area contributed by atoms with Crippen LogP contribution in [-0.2, 0) is 9.59 Å². The van der Waals surface area contributed by atoms with Crippen LogP contribution in [0.25, 0.3) is 6.08 Å². The second-order valence-electron chi connectivity index (χ2n) is 4.76. The molecule has 0 aliphatic carbocycles. The number of aryl methyl sites for hydroxylation is 1. The number of hydrogen-bond donors (Lipinski definition) is 2. The van der Waals surface area contributed by atoms with Gasteiger partial charge in [-0.15, -0.1) is 0 Å². The van der Waals surface area contributed by atoms with Crippen molar-refractivity contribution < 1.29 is 9.59 Å². The maximum absolute atomic E-state index is 11.7. The molecular weight excluding hydrogens is 290 g/mol. The fraction of sp³-hybridized carbons (Fsp3) is 0.0556. The van der Waals surface area contributed by atoms with Crippen molar-refractivity contribution >= 4 is 29.8 Å². The lowest BCUT2D eigenvalue weighted by Crippen LogP contribution is -2.32. The molecule has 2 aromatic rings. The molecule has 5 heteroatoms. The summed E-state index contributed by atoms with van der Waals surface area (Å²) < 4.78 is 0. The molecule has 0 aliphatic heterocycles. The summed E-state index contributed by atoms with van der Waals surface area (Å²) in [6, 6.07) is 16.9. The van der Waals surface area contributed by atoms with Gasteiger partial charge in [-0.25, -0.2) is 5.43 Å². The minimum atomic E-state index is -0.822. The van der Waals surface area contributed by atoms with Crippen LogP contribution in [0.5, 0.6) is 0 Å². The normalized spacial score (nSPS) is 10.8. The van der Waals surface area contributed by atoms with E-state index < -0.39 is 11.8 Å². The molecule has 116 valence electrons. The first kappa shape index (κ1) is 16.2. The maximum Gasteiger partial charge on any atom is 0.329 e. The van der Waals surface area contributed by atoms with Crippen LogP contribution in [0.15, 0.2) is 65.8 Å². The molecule has 0 aliphatic rings. The molecule has 0 saturated carbocycles. The minimum absolute atomic E-state index is 0.598. The molecule has 0 atom stereocenters. The van der Waals surface area contributed by atoms with Crippen molar-refractivity contribution in [2.24, 2.45) is 5.10 Å². The van der Waals surface area contributed by atoms with Gasteiger partial charge in [-0.1, -0.05) is 54.6 Å². The summed E-state index contributed by atoms with van der Waals surface area (Å²) in [4.78, 5) is 23.4. The van der Waals surface area contributed by atoms with Gasteiger partial charge in [0.15, 0.2) is 0 Å². The van der Waals surface area contributed by atoms with E-state index in [1.54, 1.807) is 18.2 Å². The topological polar surface area (TPSA) is 70.6 Å². The summed E-state index contributed by atoms with van der Waals surface area (Å²) in [5.74, 6) is -1.58. The smallest absolute Gasteiger partial charge is 0.317 e. The van der Waals surface area contributed by atoms with E-state index >= 15 is 0 Å². The van der Waals surface area contributed by atoms with E-state index in [0.29, 0.717) is 5.69 Å². The SMILES string of the molecule is Cc1ccccc1NC(=O)C(=O)N/N=C\C=C\c1ccccc1. The number of nitrogens with one attached hydrogen (secondary N) is 2. The number of carbonyl (C=O) groups excluding carboxylic acids is 2. The van der Waals surface area contributed by atoms with Crippen molar-refractivity contribution in [3.05, 3.63) is 71.8 Å². The average molecular weight is 307 g/mol. The van der Waals surface area contributed by atoms with Crippen LogP contribution >= 0.6 is 0 Å². The van der Waals surface area contributed by atoms with Crippen LogP contribution in [0.2, 0.25) is 0 Å². The molecule has 0 radical (unpaired) electrons. The Hall–Kier alpha value is -3.21. The number of benzene rings is 2. The molecular formula is C18H17N3O2. The monoisotopic (exact) mass is 307 g/mol. The molecule has 2 amide bonds. The highest BCUT2D eigenvalue weighted by atomic mass is 16.2. The van der Waals surface area contributed by atoms with Gasteiger partial charge in [0.05, 0.1) is 0 Å². The van der Waals surface area contributed by atoms with Crippen LogP contribution in [0.1, 0.15) is 11.1 Å². The zero-order chi connectivity index (χ0) is 16.5. The third-order valence-corrected chi connectivity index (χ3v) is 3.01. The summed E-state index contributed by atoms with van der Waals surface area (Å²) in [6.45, 7) is 1.85. The highest BCUT2D eigenvalue weighted by Gasteiger charge is 2.13. The van der Waals surface area contributed by atoms with E-state index in [0.717, 1.165) is 11.1 Å². The highest BCUT2D eigenvalue weighted by Crippen LogP contribution is 2.12. The number of hydrogen-bond acceptors (Lipinski definition) is 3. The van der Waals surface area contributed by atoms with E-state index in [4.69, 9.17) is 0 Å². The largest absolute Gasteiger partial charge is 0.329 e. The highest BCUT2D eigenvalue weighted by molar-refractivity contribution is 6.39. The van der Waals surface area contributed by atoms with E-state index in [1.165, 1.54) is 6.21 Å². The number of allylic oxidation sites excluding steroid dienone is 1. The van der Waals surface area contributed by atoms with E-state index in [2.05, 4.69) is 15.8 Å². The number of anilines is 1. The van der Waals surface area contributed by atoms with Gasteiger partial charge in [-0.05, 0) is 30.2 Å². The number of amides is 2. The number of hydrazone groups is 1. The molecule has 0 bridgehead atoms. The van der Waals surface area contributed by atoms with Crippen molar-refractivity contribution in [3.8, 4) is 0 Å². The van der Waals surface area contributed by atoms with E-state index in [9.17, 15) is 9.59 Å². The summed E-state index contributed by atoms with van der Waals surface area (Å²) in [5.41, 5.74) is 4.67. The molecule has 0 unspecified atom stereocenters. The lowest BCUT2D eigenvalue weighted by Gasteiger charge is -2.06. The standard InChI is InChI=1S/C18H17N3O2/c1-14-8-5-6-12-16(14)20-17(22)18(23)21-19-13-7-11-15-9-3-2-4-10-15/h2-13H,1H3,(H,20,22)(H,21,23)/b11-7+,19-13-. The predicted octanol–water partition coefficient (Wildman–Crippen LogP) is 2.75. The fourth-order valence-electron chi connectivity index (χ4n) is 1.80. The van der Waals surface area contributed by atoms with Crippen LogP contribution < -0.4 is 10.7 Å². The molecule has 0 spiro atoms. The Morgan fingerprint density at radius 1 is 0.957 bits per heavy atom. The van der Waals surface area contributed by atoms with Crippen molar-refractivity contribution in [3.63, 3.8) is 0 Å². The Morgan fingerprint density at radius 3 is 2.39 bits per heavy atom. The zero-order valence-electron chi connectivity index (χ0n) is 12.7. The first-order chi connectivity index (χ1) is 11.2. The minimum Gasteiger partial charge on any atom is -0.317 e. The van der Waals surface area contributed by atoms with Gasteiger partial charge < -0.3 is 5.32 Å². The molecule has 0 fully saturated rings. The third-order valence-electron chi connectivity index (χ3n) is 3.01. The van der Waals surface area contributed by atoms with Gasteiger partial charge in [0, 0.05) is 11.9 Å². The van der Waals surface area contributed by atoms with Crippen molar-refractivity contribution in [1.29, 1.82) is 0 Å². The molecule has 5 nitrogen and oxygen atoms in total. The first-order valence-electron chi connectivity index (χ1n) is 7.08. The molecule has 2 N–H and O–H groups in total. The quantitative estimate of drug-likeness (QED) is 0.518. The molecule has 0 heterocycles. The maximum atomic E-state index is 11.7. The van der Waals surface area contributed by atoms with Crippen LogP contribution in [-0.4, -0.2) is 18.0 Å². The Morgan fingerprint density at radius 2 is 1.65 bits per heavy atom. The van der Waals surface area contributed by atoms with E-state index in [1.807, 2.05) is 55.5 Å². The fourth-order valence-corrected chi connectivity index (χ4v) is 1.80. The second-order valence-corrected chi connectivity index (χ2v) is 4.76. The lowest BCUT2D eigenvalue weighted by molar-refractivity contribution is -0.136. The Bertz CT molecular complexity index is 737. The number of rotatable bonds is 4. The Labute approximate surface area is 134 Å². The summed E-state index contributed by atoms with van der Waals surface area (Å²) in [7, 11) is 0. The number of para-hydroxylation sites is 1. The predicted molar refractivity (Wildman–Crippen MR) is 91.9 cm³/mol. The van der Waals surface area contributed by atoms with Gasteiger partial charge in [0.2, 0.25) is 0 Å². The van der Waals surface area contributed by atoms with Gasteiger partial charge in [0.1, 0.15) is 0 Å². The summed E-state index contributed by atoms with van der Waals surface area (Å²) in [6.07, 6.45) is 4.92. The molecule has 0 saturated heterocycles. The molecule has 23 heavy (non-hydrogen) atoms. The molecule has 0 aromatic heterocycles. The van der Waals surface area contributed by atoms with Crippen molar-refractivity contribution in [2.45, 2.75) is 6.92 Å². The van der Waals surface area contributed by atoms with Gasteiger partial charge in [0.25, 0.3) is 0 Å².